The van der Waals surface area contributed by atoms with Gasteiger partial charge in [-0.2, -0.15) is 0 Å². The van der Waals surface area contributed by atoms with Gasteiger partial charge >= 0.3 is 0 Å². The van der Waals surface area contributed by atoms with E-state index in [1.54, 1.807) is 0 Å². The zero-order chi connectivity index (χ0) is 23.3. The third-order valence-corrected chi connectivity index (χ3v) is 6.20. The topological polar surface area (TPSA) is 34.1 Å². The second-order valence-corrected chi connectivity index (χ2v) is 9.08. The number of ketones is 2. The van der Waals surface area contributed by atoms with Gasteiger partial charge in [0.15, 0.2) is 11.6 Å². The molecule has 0 saturated heterocycles. The molecule has 0 heterocycles. The summed E-state index contributed by atoms with van der Waals surface area (Å²) in [5.74, 6) is 0.479. The average molecular weight is 435 g/mol. The highest BCUT2D eigenvalue weighted by molar-refractivity contribution is 6.11. The molecule has 2 aliphatic rings. The van der Waals surface area contributed by atoms with Crippen LogP contribution < -0.4 is 0 Å². The van der Waals surface area contributed by atoms with Gasteiger partial charge in [-0.15, -0.1) is 0 Å². The van der Waals surface area contributed by atoms with Crippen molar-refractivity contribution in [2.45, 2.75) is 105 Å². The van der Waals surface area contributed by atoms with Crippen LogP contribution in [-0.2, 0) is 9.59 Å². The van der Waals surface area contributed by atoms with Crippen LogP contribution >= 0.6 is 0 Å². The first-order valence-electron chi connectivity index (χ1n) is 12.9. The van der Waals surface area contributed by atoms with Crippen LogP contribution in [-0.4, -0.2) is 11.6 Å². The predicted molar refractivity (Wildman–Crippen MR) is 137 cm³/mol. The molecule has 0 spiro atoms. The Hall–Kier alpha value is -2.22. The number of Topliss-reactive ketones (excluding diaryl/α,β-unsaturated/α-hetero) is 2. The Morgan fingerprint density at radius 3 is 0.969 bits per heavy atom. The first-order valence-corrected chi connectivity index (χ1v) is 12.9. The molecule has 0 unspecified atom stereocenters. The third-order valence-electron chi connectivity index (χ3n) is 6.20. The smallest absolute Gasteiger partial charge is 0.185 e. The van der Waals surface area contributed by atoms with Crippen molar-refractivity contribution >= 4 is 11.6 Å². The molecule has 0 aromatic carbocycles. The van der Waals surface area contributed by atoms with Crippen LogP contribution in [0.15, 0.2) is 69.9 Å². The summed E-state index contributed by atoms with van der Waals surface area (Å²) < 4.78 is 0. The Labute approximate surface area is 195 Å². The van der Waals surface area contributed by atoms with Gasteiger partial charge in [0.2, 0.25) is 0 Å². The van der Waals surface area contributed by atoms with Gasteiger partial charge in [0.25, 0.3) is 0 Å². The van der Waals surface area contributed by atoms with E-state index in [1.165, 1.54) is 0 Å². The van der Waals surface area contributed by atoms with Crippen molar-refractivity contribution in [2.75, 3.05) is 0 Å². The fourth-order valence-electron chi connectivity index (χ4n) is 4.16. The van der Waals surface area contributed by atoms with Crippen LogP contribution in [0, 0.1) is 0 Å². The molecule has 0 aromatic heterocycles. The first-order chi connectivity index (χ1) is 15.5. The third kappa shape index (κ3) is 7.73. The maximum absolute atomic E-state index is 12.9. The van der Waals surface area contributed by atoms with Crippen molar-refractivity contribution in [1.29, 1.82) is 0 Å². The Balaban J connectivity index is 2.36. The largest absolute Gasteiger partial charge is 0.289 e. The molecule has 0 aromatic rings. The molecule has 174 valence electrons. The number of carbonyl (C=O) groups excluding carboxylic acids is 2. The van der Waals surface area contributed by atoms with Crippen LogP contribution in [0.5, 0.6) is 0 Å². The van der Waals surface area contributed by atoms with E-state index < -0.39 is 0 Å². The van der Waals surface area contributed by atoms with E-state index in [0.717, 1.165) is 110 Å². The van der Waals surface area contributed by atoms with Gasteiger partial charge in [0.1, 0.15) is 0 Å². The van der Waals surface area contributed by atoms with E-state index in [-0.39, 0.29) is 11.6 Å². The van der Waals surface area contributed by atoms with Crippen LogP contribution in [0.4, 0.5) is 0 Å². The molecular formula is C30H42O2. The molecule has 0 aliphatic heterocycles. The minimum absolute atomic E-state index is 0.239. The fraction of sp³-hybridized carbons (Fsp3) is 0.533. The quantitative estimate of drug-likeness (QED) is 0.291. The highest BCUT2D eigenvalue weighted by atomic mass is 16.1. The van der Waals surface area contributed by atoms with Crippen molar-refractivity contribution in [3.8, 4) is 0 Å². The molecule has 0 atom stereocenters. The minimum Gasteiger partial charge on any atom is -0.289 e. The molecule has 0 fully saturated rings. The lowest BCUT2D eigenvalue weighted by molar-refractivity contribution is -0.113. The van der Waals surface area contributed by atoms with Crippen LogP contribution in [0.1, 0.15) is 105 Å². The number of hydrogen-bond donors (Lipinski definition) is 0. The molecule has 0 bridgehead atoms. The summed E-state index contributed by atoms with van der Waals surface area (Å²) in [5, 5.41) is 0. The molecule has 0 amide bonds. The zero-order valence-electron chi connectivity index (χ0n) is 20.8. The molecule has 32 heavy (non-hydrogen) atoms. The van der Waals surface area contributed by atoms with E-state index >= 15 is 0 Å². The molecule has 0 N–H and O–H groups in total. The van der Waals surface area contributed by atoms with Gasteiger partial charge in [0, 0.05) is 22.3 Å². The van der Waals surface area contributed by atoms with Gasteiger partial charge in [0.05, 0.1) is 0 Å². The summed E-state index contributed by atoms with van der Waals surface area (Å²) in [5.41, 5.74) is 5.98. The van der Waals surface area contributed by atoms with E-state index in [9.17, 15) is 9.59 Å². The first kappa shape index (κ1) is 26.0. The Kier molecular flexibility index (Phi) is 11.4. The highest BCUT2D eigenvalue weighted by Gasteiger charge is 2.20. The van der Waals surface area contributed by atoms with Crippen molar-refractivity contribution in [3.05, 3.63) is 69.9 Å². The lowest BCUT2D eigenvalue weighted by Crippen LogP contribution is -2.12. The van der Waals surface area contributed by atoms with E-state index in [4.69, 9.17) is 0 Å². The van der Waals surface area contributed by atoms with Crippen LogP contribution in [0.25, 0.3) is 0 Å². The molecule has 0 radical (unpaired) electrons. The van der Waals surface area contributed by atoms with Gasteiger partial charge in [-0.3, -0.25) is 9.59 Å². The minimum atomic E-state index is 0.239. The van der Waals surface area contributed by atoms with Crippen LogP contribution in [0.2, 0.25) is 0 Å². The monoisotopic (exact) mass is 434 g/mol. The lowest BCUT2D eigenvalue weighted by atomic mass is 9.87. The summed E-state index contributed by atoms with van der Waals surface area (Å²) in [4.78, 5) is 25.8. The number of hydrogen-bond acceptors (Lipinski definition) is 2. The summed E-state index contributed by atoms with van der Waals surface area (Å²) in [7, 11) is 0. The van der Waals surface area contributed by atoms with Crippen molar-refractivity contribution < 1.29 is 9.59 Å². The molecule has 2 rings (SSSR count). The molecule has 2 nitrogen and oxygen atoms in total. The number of rotatable bonds is 13. The number of allylic oxidation sites excluding steroid dienone is 12. The SMILES string of the molecule is CCCCC1=CC(=CC=C2C=C(CCCC)C(=O)C(CCCC)=C2)C=C(CCCC)C1=O. The van der Waals surface area contributed by atoms with Crippen molar-refractivity contribution in [1.82, 2.24) is 0 Å². The fourth-order valence-corrected chi connectivity index (χ4v) is 4.16. The Morgan fingerprint density at radius 1 is 0.500 bits per heavy atom. The van der Waals surface area contributed by atoms with Gasteiger partial charge in [-0.05, 0) is 86.8 Å². The maximum atomic E-state index is 12.9. The van der Waals surface area contributed by atoms with Gasteiger partial charge in [-0.25, -0.2) is 0 Å². The van der Waals surface area contributed by atoms with E-state index in [2.05, 4.69) is 64.2 Å². The van der Waals surface area contributed by atoms with Gasteiger partial charge < -0.3 is 0 Å². The van der Waals surface area contributed by atoms with Crippen LogP contribution in [0.3, 0.4) is 0 Å². The summed E-state index contributed by atoms with van der Waals surface area (Å²) >= 11 is 0. The molecule has 2 heteroatoms. The Bertz CT molecular complexity index is 723. The normalized spacial score (nSPS) is 16.5. The second kappa shape index (κ2) is 14.0. The van der Waals surface area contributed by atoms with E-state index in [0.29, 0.717) is 0 Å². The average Bonchev–Trinajstić information content (AvgIpc) is 2.80. The predicted octanol–water partition coefficient (Wildman–Crippen LogP) is 8.47. The van der Waals surface area contributed by atoms with Gasteiger partial charge in [-0.1, -0.05) is 65.5 Å². The summed E-state index contributed by atoms with van der Waals surface area (Å²) in [6.45, 7) is 8.66. The van der Waals surface area contributed by atoms with Crippen molar-refractivity contribution in [3.63, 3.8) is 0 Å². The number of unbranched alkanes of at least 4 members (excludes halogenated alkanes) is 4. The lowest BCUT2D eigenvalue weighted by Gasteiger charge is -2.17. The summed E-state index contributed by atoms with van der Waals surface area (Å²) in [6, 6.07) is 0. The highest BCUT2D eigenvalue weighted by Crippen LogP contribution is 2.28. The zero-order valence-corrected chi connectivity index (χ0v) is 20.8. The molecule has 0 saturated carbocycles. The Morgan fingerprint density at radius 2 is 0.750 bits per heavy atom. The van der Waals surface area contributed by atoms with E-state index in [1.807, 2.05) is 0 Å². The molecule has 2 aliphatic carbocycles. The van der Waals surface area contributed by atoms with Crippen molar-refractivity contribution in [2.24, 2.45) is 0 Å². The maximum Gasteiger partial charge on any atom is 0.185 e. The number of carbonyl (C=O) groups is 2. The standard InChI is InChI=1S/C30H42O2/c1-5-9-13-25-19-23(20-26(29(25)31)14-10-6-2)17-18-24-21-27(15-11-7-3)30(32)28(22-24)16-12-8-4/h17-22H,5-16H2,1-4H3. The second-order valence-electron chi connectivity index (χ2n) is 9.08. The summed E-state index contributed by atoms with van der Waals surface area (Å²) in [6.07, 6.45) is 24.5. The molecular weight excluding hydrogens is 392 g/mol.